The average molecular weight is 570 g/mol. The summed E-state index contributed by atoms with van der Waals surface area (Å²) in [6.07, 6.45) is 7.82. The molecule has 1 unspecified atom stereocenters. The van der Waals surface area contributed by atoms with Crippen LogP contribution in [0, 0.1) is 5.92 Å². The lowest BCUT2D eigenvalue weighted by Crippen LogP contribution is -2.30. The van der Waals surface area contributed by atoms with Crippen molar-refractivity contribution in [1.82, 2.24) is 9.80 Å². The van der Waals surface area contributed by atoms with Gasteiger partial charge in [0.05, 0.1) is 0 Å². The Balaban J connectivity index is 1.36. The van der Waals surface area contributed by atoms with Crippen LogP contribution in [-0.2, 0) is 25.7 Å². The Bertz CT molecular complexity index is 1610. The molecule has 1 aliphatic carbocycles. The van der Waals surface area contributed by atoms with Crippen molar-refractivity contribution in [3.05, 3.63) is 124 Å². The third-order valence-electron chi connectivity index (χ3n) is 9.11. The molecule has 4 aromatic carbocycles. The van der Waals surface area contributed by atoms with Crippen molar-refractivity contribution in [2.75, 3.05) is 52.7 Å². The van der Waals surface area contributed by atoms with Crippen LogP contribution in [0.1, 0.15) is 46.7 Å². The molecule has 6 rings (SSSR count). The maximum atomic E-state index is 2.59. The zero-order valence-electron chi connectivity index (χ0n) is 26.7. The molecule has 4 aromatic rings. The minimum Gasteiger partial charge on any atom is -0.341 e. The highest BCUT2D eigenvalue weighted by atomic mass is 15.2. The summed E-state index contributed by atoms with van der Waals surface area (Å²) in [7, 11) is 8.66. The van der Waals surface area contributed by atoms with Gasteiger partial charge in [0, 0.05) is 31.0 Å². The summed E-state index contributed by atoms with van der Waals surface area (Å²) in [6.45, 7) is 5.53. The first kappa shape index (κ1) is 29.4. The van der Waals surface area contributed by atoms with Crippen molar-refractivity contribution in [3.63, 3.8) is 0 Å². The zero-order valence-corrected chi connectivity index (χ0v) is 26.7. The lowest BCUT2D eigenvalue weighted by Gasteiger charge is -2.31. The van der Waals surface area contributed by atoms with E-state index in [4.69, 9.17) is 0 Å². The number of anilines is 2. The lowest BCUT2D eigenvalue weighted by molar-refractivity contribution is 0.343. The maximum Gasteiger partial charge on any atom is 0.0443 e. The summed E-state index contributed by atoms with van der Waals surface area (Å²) >= 11 is 0. The molecule has 1 atom stereocenters. The van der Waals surface area contributed by atoms with E-state index in [9.17, 15) is 0 Å². The smallest absolute Gasteiger partial charge is 0.0443 e. The molecule has 0 saturated heterocycles. The largest absolute Gasteiger partial charge is 0.341 e. The van der Waals surface area contributed by atoms with Gasteiger partial charge in [0.1, 0.15) is 0 Å². The van der Waals surface area contributed by atoms with E-state index in [1.54, 1.807) is 0 Å². The van der Waals surface area contributed by atoms with Crippen molar-refractivity contribution in [1.29, 1.82) is 0 Å². The van der Waals surface area contributed by atoms with Gasteiger partial charge in [-0.3, -0.25) is 0 Å². The highest BCUT2D eigenvalue weighted by molar-refractivity contribution is 5.85. The Morgan fingerprint density at radius 1 is 0.651 bits per heavy atom. The van der Waals surface area contributed by atoms with Crippen molar-refractivity contribution < 1.29 is 0 Å². The van der Waals surface area contributed by atoms with Crippen LogP contribution in [0.5, 0.6) is 0 Å². The quantitative estimate of drug-likeness (QED) is 0.211. The SMILES string of the molecule is CC(CN(C)C)CN1c2ccccc2CCc2cc(-c3ccc4c(c3)CCc3ccccc3/C4=C/CCN(C)C)ccc21. The van der Waals surface area contributed by atoms with E-state index in [0.717, 1.165) is 51.7 Å². The third-order valence-corrected chi connectivity index (χ3v) is 9.11. The Morgan fingerprint density at radius 3 is 2.05 bits per heavy atom. The maximum absolute atomic E-state index is 2.59. The minimum absolute atomic E-state index is 0.558. The molecule has 1 aliphatic heterocycles. The van der Waals surface area contributed by atoms with Crippen LogP contribution in [0.2, 0.25) is 0 Å². The second kappa shape index (κ2) is 12.9. The standard InChI is InChI=1S/C40H47N3/c1-29(27-42(4)5)28-43-39-15-9-7-12-31(39)17-19-35-26-33(21-23-40(35)43)32-20-22-37-34(25-32)18-16-30-11-6-8-13-36(30)38(37)14-10-24-41(2)3/h6-9,11-15,20-23,25-26,29H,10,16-19,24,27-28H2,1-5H3/b38-14-. The Labute approximate surface area is 259 Å². The molecule has 3 heteroatoms. The van der Waals surface area contributed by atoms with E-state index in [2.05, 4.69) is 141 Å². The molecule has 0 radical (unpaired) electrons. The average Bonchev–Trinajstić information content (AvgIpc) is 3.25. The predicted molar refractivity (Wildman–Crippen MR) is 185 cm³/mol. The number of nitrogens with zero attached hydrogens (tertiary/aromatic N) is 3. The molecule has 1 heterocycles. The molecule has 0 N–H and O–H groups in total. The van der Waals surface area contributed by atoms with Crippen LogP contribution in [-0.4, -0.2) is 57.6 Å². The van der Waals surface area contributed by atoms with E-state index in [1.165, 1.54) is 61.5 Å². The normalized spacial score (nSPS) is 15.9. The van der Waals surface area contributed by atoms with Crippen molar-refractivity contribution in [2.45, 2.75) is 39.0 Å². The minimum atomic E-state index is 0.558. The summed E-state index contributed by atoms with van der Waals surface area (Å²) < 4.78 is 0. The Morgan fingerprint density at radius 2 is 1.26 bits per heavy atom. The molecule has 2 aliphatic rings. The van der Waals surface area contributed by atoms with Gasteiger partial charge in [0.15, 0.2) is 0 Å². The van der Waals surface area contributed by atoms with Gasteiger partial charge in [-0.05, 0) is 134 Å². The number of hydrogen-bond acceptors (Lipinski definition) is 3. The number of rotatable bonds is 8. The van der Waals surface area contributed by atoms with E-state index in [1.807, 2.05) is 0 Å². The van der Waals surface area contributed by atoms with Gasteiger partial charge in [-0.25, -0.2) is 0 Å². The first-order valence-corrected chi connectivity index (χ1v) is 16.1. The molecule has 222 valence electrons. The van der Waals surface area contributed by atoms with Crippen LogP contribution in [0.4, 0.5) is 11.4 Å². The molecule has 0 bridgehead atoms. The van der Waals surface area contributed by atoms with Crippen LogP contribution >= 0.6 is 0 Å². The predicted octanol–water partition coefficient (Wildman–Crippen LogP) is 8.27. The number of benzene rings is 4. The number of fused-ring (bicyclic) bond motifs is 4. The summed E-state index contributed by atoms with van der Waals surface area (Å²) in [5, 5.41) is 0. The molecule has 0 amide bonds. The highest BCUT2D eigenvalue weighted by Crippen LogP contribution is 2.40. The second-order valence-electron chi connectivity index (χ2n) is 13.2. The first-order valence-electron chi connectivity index (χ1n) is 16.1. The number of aryl methyl sites for hydroxylation is 4. The molecule has 0 aromatic heterocycles. The van der Waals surface area contributed by atoms with Crippen molar-refractivity contribution in [2.24, 2.45) is 5.92 Å². The van der Waals surface area contributed by atoms with Gasteiger partial charge in [-0.1, -0.05) is 79.7 Å². The van der Waals surface area contributed by atoms with Crippen LogP contribution in [0.15, 0.2) is 91.0 Å². The van der Waals surface area contributed by atoms with Crippen molar-refractivity contribution >= 4 is 16.9 Å². The molecular formula is C40H47N3. The van der Waals surface area contributed by atoms with E-state index in [0.29, 0.717) is 5.92 Å². The summed E-state index contributed by atoms with van der Waals surface area (Å²) in [4.78, 5) is 7.16. The fourth-order valence-electron chi connectivity index (χ4n) is 7.15. The van der Waals surface area contributed by atoms with Gasteiger partial charge in [0.2, 0.25) is 0 Å². The van der Waals surface area contributed by atoms with Gasteiger partial charge >= 0.3 is 0 Å². The van der Waals surface area contributed by atoms with Gasteiger partial charge in [-0.2, -0.15) is 0 Å². The zero-order chi connectivity index (χ0) is 29.9. The summed E-state index contributed by atoms with van der Waals surface area (Å²) in [6, 6.07) is 32.5. The van der Waals surface area contributed by atoms with Crippen LogP contribution < -0.4 is 4.90 Å². The van der Waals surface area contributed by atoms with E-state index >= 15 is 0 Å². The van der Waals surface area contributed by atoms with Crippen molar-refractivity contribution in [3.8, 4) is 11.1 Å². The second-order valence-corrected chi connectivity index (χ2v) is 13.2. The molecule has 0 spiro atoms. The molecule has 0 saturated carbocycles. The van der Waals surface area contributed by atoms with E-state index in [-0.39, 0.29) is 0 Å². The summed E-state index contributed by atoms with van der Waals surface area (Å²) in [5.41, 5.74) is 15.4. The highest BCUT2D eigenvalue weighted by Gasteiger charge is 2.23. The topological polar surface area (TPSA) is 9.72 Å². The first-order chi connectivity index (χ1) is 20.9. The fourth-order valence-corrected chi connectivity index (χ4v) is 7.15. The Hall–Kier alpha value is -3.66. The van der Waals surface area contributed by atoms with Crippen LogP contribution in [0.3, 0.4) is 0 Å². The monoisotopic (exact) mass is 569 g/mol. The third kappa shape index (κ3) is 6.49. The van der Waals surface area contributed by atoms with Gasteiger partial charge < -0.3 is 14.7 Å². The van der Waals surface area contributed by atoms with Gasteiger partial charge in [0.25, 0.3) is 0 Å². The van der Waals surface area contributed by atoms with E-state index < -0.39 is 0 Å². The lowest BCUT2D eigenvalue weighted by atomic mass is 9.90. The fraction of sp³-hybridized carbons (Fsp3) is 0.350. The molecule has 3 nitrogen and oxygen atoms in total. The molecular weight excluding hydrogens is 522 g/mol. The van der Waals surface area contributed by atoms with Gasteiger partial charge in [-0.15, -0.1) is 0 Å². The summed E-state index contributed by atoms with van der Waals surface area (Å²) in [5.74, 6) is 0.558. The number of para-hydroxylation sites is 1. The Kier molecular flexibility index (Phi) is 8.83. The molecule has 43 heavy (non-hydrogen) atoms. The number of hydrogen-bond donors (Lipinski definition) is 0. The van der Waals surface area contributed by atoms with Crippen LogP contribution in [0.25, 0.3) is 16.7 Å². The molecule has 0 fully saturated rings.